The van der Waals surface area contributed by atoms with Crippen molar-refractivity contribution in [3.8, 4) is 0 Å². The molecule has 0 aliphatic carbocycles. The molecule has 0 atom stereocenters. The molecule has 83 valence electrons. The van der Waals surface area contributed by atoms with Crippen LogP contribution in [0.5, 0.6) is 0 Å². The summed E-state index contributed by atoms with van der Waals surface area (Å²) in [6.45, 7) is 0. The van der Waals surface area contributed by atoms with E-state index in [9.17, 15) is 0 Å². The molecule has 0 amide bonds. The fraction of sp³-hybridized carbons (Fsp3) is 0. The van der Waals surface area contributed by atoms with E-state index < -0.39 is 0 Å². The molecule has 0 bridgehead atoms. The van der Waals surface area contributed by atoms with E-state index in [-0.39, 0.29) is 338 Å². The zero-order valence-electron chi connectivity index (χ0n) is 3.47. The standard InChI is InChI=1S/7Gd.3Rh. The normalized spacial score (nSPS) is 0. The van der Waals surface area contributed by atoms with Gasteiger partial charge in [-0.1, -0.05) is 0 Å². The molecule has 0 fully saturated rings. The number of hydrogen-bond acceptors (Lipinski definition) is 0. The summed E-state index contributed by atoms with van der Waals surface area (Å²) in [4.78, 5) is 0. The first-order valence-corrected chi connectivity index (χ1v) is 0. The summed E-state index contributed by atoms with van der Waals surface area (Å²) in [5, 5.41) is 0. The van der Waals surface area contributed by atoms with Crippen LogP contribution < -0.4 is 0 Å². The first kappa shape index (κ1) is 69.1. The number of hydrogen-bond donors (Lipinski definition) is 0. The van der Waals surface area contributed by atoms with Gasteiger partial charge in [0, 0.05) is 338 Å². The van der Waals surface area contributed by atoms with Crippen LogP contribution in [0.15, 0.2) is 0 Å². The Morgan fingerprint density at radius 2 is 0.200 bits per heavy atom. The van der Waals surface area contributed by atoms with E-state index in [0.29, 0.717) is 0 Å². The third kappa shape index (κ3) is 50.7. The van der Waals surface area contributed by atoms with Crippen LogP contribution in [-0.4, -0.2) is 0 Å². The van der Waals surface area contributed by atoms with Crippen molar-refractivity contribution in [2.24, 2.45) is 0 Å². The quantitative estimate of drug-likeness (QED) is 0.300. The fourth-order valence-corrected chi connectivity index (χ4v) is 0. The van der Waals surface area contributed by atoms with Crippen molar-refractivity contribution in [3.05, 3.63) is 0 Å². The van der Waals surface area contributed by atoms with E-state index in [1.807, 2.05) is 0 Å². The maximum absolute atomic E-state index is 0. The van der Waals surface area contributed by atoms with E-state index in [1.165, 1.54) is 0 Å². The third-order valence-electron chi connectivity index (χ3n) is 0. The van der Waals surface area contributed by atoms with Crippen molar-refractivity contribution in [3.63, 3.8) is 0 Å². The van der Waals surface area contributed by atoms with E-state index in [4.69, 9.17) is 0 Å². The average molecular weight is 1410 g/mol. The molecule has 0 unspecified atom stereocenters. The first-order chi connectivity index (χ1) is 0. The van der Waals surface area contributed by atoms with Gasteiger partial charge in [-0.05, 0) is 0 Å². The minimum absolute atomic E-state index is 0. The molecule has 0 rings (SSSR count). The molecule has 0 spiro atoms. The van der Waals surface area contributed by atoms with E-state index in [2.05, 4.69) is 0 Å². The maximum atomic E-state index is 0. The van der Waals surface area contributed by atoms with Gasteiger partial charge in [0.05, 0.1) is 0 Å². The van der Waals surface area contributed by atoms with Crippen LogP contribution in [-0.2, 0) is 58.4 Å². The summed E-state index contributed by atoms with van der Waals surface area (Å²) >= 11 is 0. The van der Waals surface area contributed by atoms with E-state index in [0.717, 1.165) is 0 Å². The van der Waals surface area contributed by atoms with Crippen LogP contribution >= 0.6 is 0 Å². The molecular weight excluding hydrogens is 1410 g/mol. The van der Waals surface area contributed by atoms with Crippen LogP contribution in [0.25, 0.3) is 0 Å². The van der Waals surface area contributed by atoms with Gasteiger partial charge in [-0.15, -0.1) is 0 Å². The molecule has 0 nitrogen and oxygen atoms in total. The molecule has 3 radical (unpaired) electrons. The molecule has 10 heteroatoms. The molecule has 10 heavy (non-hydrogen) atoms. The zero-order chi connectivity index (χ0) is 0. The van der Waals surface area contributed by atoms with Gasteiger partial charge in [-0.3, -0.25) is 0 Å². The van der Waals surface area contributed by atoms with Gasteiger partial charge in [0.15, 0.2) is 0 Å². The Kier molecular flexibility index (Phi) is 411. The van der Waals surface area contributed by atoms with Gasteiger partial charge in [-0.25, -0.2) is 0 Å². The summed E-state index contributed by atoms with van der Waals surface area (Å²) in [6.07, 6.45) is 0. The summed E-state index contributed by atoms with van der Waals surface area (Å²) in [5.74, 6) is 0. The molecular formula is Gd7Rh3. The summed E-state index contributed by atoms with van der Waals surface area (Å²) in [7, 11) is 0. The monoisotopic (exact) mass is 1410 g/mol. The van der Waals surface area contributed by atoms with Gasteiger partial charge < -0.3 is 0 Å². The van der Waals surface area contributed by atoms with Gasteiger partial charge in [0.25, 0.3) is 0 Å². The van der Waals surface area contributed by atoms with Crippen LogP contribution in [0.4, 0.5) is 0 Å². The van der Waals surface area contributed by atoms with Crippen molar-refractivity contribution in [1.29, 1.82) is 0 Å². The van der Waals surface area contributed by atoms with Crippen molar-refractivity contribution in [2.45, 2.75) is 0 Å². The Bertz CT molecular complexity index is 8.81. The minimum atomic E-state index is 0. The number of rotatable bonds is 0. The maximum Gasteiger partial charge on any atom is 0 e. The van der Waals surface area contributed by atoms with Crippen LogP contribution in [0.3, 0.4) is 0 Å². The Balaban J connectivity index is 0. The van der Waals surface area contributed by atoms with Crippen LogP contribution in [0.2, 0.25) is 0 Å². The Labute approximate surface area is 325 Å². The van der Waals surface area contributed by atoms with Gasteiger partial charge in [-0.2, -0.15) is 0 Å². The van der Waals surface area contributed by atoms with E-state index in [1.54, 1.807) is 0 Å². The Hall–Kier alpha value is 11.1. The van der Waals surface area contributed by atoms with Gasteiger partial charge in [0.2, 0.25) is 0 Å². The fourth-order valence-electron chi connectivity index (χ4n) is 0. The molecule has 0 aromatic carbocycles. The third-order valence-corrected chi connectivity index (χ3v) is 0. The predicted molar refractivity (Wildman–Crippen MR) is 0 cm³/mol. The average Bonchev–Trinajstić information content (AvgIpc) is 0. The second kappa shape index (κ2) is 59.4. The van der Waals surface area contributed by atoms with Crippen LogP contribution in [0, 0.1) is 280 Å². The molecule has 0 aromatic rings. The Morgan fingerprint density at radius 1 is 0.200 bits per heavy atom. The van der Waals surface area contributed by atoms with Crippen LogP contribution in [0.1, 0.15) is 0 Å². The molecule has 0 aromatic heterocycles. The van der Waals surface area contributed by atoms with Crippen molar-refractivity contribution < 1.29 is 338 Å². The zero-order valence-corrected chi connectivity index (χ0v) is 24.3. The first-order valence-electron chi connectivity index (χ1n) is 0. The summed E-state index contributed by atoms with van der Waals surface area (Å²) in [5.41, 5.74) is 0. The van der Waals surface area contributed by atoms with Crippen molar-refractivity contribution in [1.82, 2.24) is 0 Å². The van der Waals surface area contributed by atoms with Crippen molar-refractivity contribution >= 4 is 0 Å². The second-order valence-electron chi connectivity index (χ2n) is 0. The molecule has 0 saturated heterocycles. The summed E-state index contributed by atoms with van der Waals surface area (Å²) < 4.78 is 0. The predicted octanol–water partition coefficient (Wildman–Crippen LogP) is -0.00750. The van der Waals surface area contributed by atoms with Gasteiger partial charge in [0.1, 0.15) is 0 Å². The molecule has 0 heterocycles. The molecule has 0 N–H and O–H groups in total. The Morgan fingerprint density at radius 3 is 0.200 bits per heavy atom. The largest absolute Gasteiger partial charge is 0 e. The second-order valence-corrected chi connectivity index (χ2v) is 0. The SMILES string of the molecule is [Gd].[Gd].[Gd].[Gd].[Gd].[Gd].[Gd].[Rh].[Rh].[Rh]. The minimum Gasteiger partial charge on any atom is 0 e. The molecule has 0 aliphatic heterocycles. The van der Waals surface area contributed by atoms with Gasteiger partial charge >= 0.3 is 0 Å². The topological polar surface area (TPSA) is 0 Å². The molecule has 0 saturated carbocycles. The van der Waals surface area contributed by atoms with Crippen molar-refractivity contribution in [2.75, 3.05) is 0 Å². The van der Waals surface area contributed by atoms with E-state index >= 15 is 0 Å². The summed E-state index contributed by atoms with van der Waals surface area (Å²) in [6, 6.07) is 0. The molecule has 0 aliphatic rings. The smallest absolute Gasteiger partial charge is 0 e.